The average molecular weight is 263 g/mol. The molecule has 1 aliphatic rings. The van der Waals surface area contributed by atoms with Crippen molar-refractivity contribution in [2.24, 2.45) is 5.92 Å². The van der Waals surface area contributed by atoms with Crippen molar-refractivity contribution < 1.29 is 0 Å². The van der Waals surface area contributed by atoms with Gasteiger partial charge in [-0.15, -0.1) is 11.8 Å². The minimum absolute atomic E-state index is 0.228. The fourth-order valence-electron chi connectivity index (χ4n) is 2.51. The van der Waals surface area contributed by atoms with Gasteiger partial charge in [-0.25, -0.2) is 0 Å². The zero-order chi connectivity index (χ0) is 13.4. The van der Waals surface area contributed by atoms with Gasteiger partial charge in [0.2, 0.25) is 0 Å². The lowest BCUT2D eigenvalue weighted by atomic mass is 9.95. The van der Waals surface area contributed by atoms with Gasteiger partial charge >= 0.3 is 0 Å². The standard InChI is InChI=1S/C16H25NS/c1-15(2,3)17-11-13-10-16(13,4)12-6-8-14(18-5)9-7-12/h6-9,13,17H,10-11H2,1-5H3. The van der Waals surface area contributed by atoms with E-state index in [1.54, 1.807) is 0 Å². The molecule has 0 aromatic heterocycles. The molecule has 2 rings (SSSR count). The van der Waals surface area contributed by atoms with E-state index in [1.807, 2.05) is 11.8 Å². The van der Waals surface area contributed by atoms with Crippen LogP contribution in [-0.2, 0) is 5.41 Å². The molecule has 1 N–H and O–H groups in total. The fraction of sp³-hybridized carbons (Fsp3) is 0.625. The lowest BCUT2D eigenvalue weighted by Gasteiger charge is -2.21. The highest BCUT2D eigenvalue weighted by Crippen LogP contribution is 2.53. The van der Waals surface area contributed by atoms with Crippen LogP contribution in [0.5, 0.6) is 0 Å². The van der Waals surface area contributed by atoms with Crippen molar-refractivity contribution in [2.45, 2.75) is 50.0 Å². The molecule has 0 radical (unpaired) electrons. The molecule has 100 valence electrons. The Bertz CT molecular complexity index is 404. The number of rotatable bonds is 4. The summed E-state index contributed by atoms with van der Waals surface area (Å²) in [4.78, 5) is 1.35. The van der Waals surface area contributed by atoms with E-state index in [-0.39, 0.29) is 5.54 Å². The summed E-state index contributed by atoms with van der Waals surface area (Å²) < 4.78 is 0. The molecule has 1 saturated carbocycles. The van der Waals surface area contributed by atoms with Crippen LogP contribution in [0.1, 0.15) is 39.7 Å². The van der Waals surface area contributed by atoms with Gasteiger partial charge in [-0.2, -0.15) is 0 Å². The van der Waals surface area contributed by atoms with Gasteiger partial charge in [0.25, 0.3) is 0 Å². The lowest BCUT2D eigenvalue weighted by molar-refractivity contribution is 0.406. The summed E-state index contributed by atoms with van der Waals surface area (Å²) in [5.74, 6) is 0.789. The third-order valence-electron chi connectivity index (χ3n) is 4.04. The summed E-state index contributed by atoms with van der Waals surface area (Å²) >= 11 is 1.81. The third-order valence-corrected chi connectivity index (χ3v) is 4.78. The maximum Gasteiger partial charge on any atom is 0.00966 e. The van der Waals surface area contributed by atoms with Crippen molar-refractivity contribution >= 4 is 11.8 Å². The predicted octanol–water partition coefficient (Wildman–Crippen LogP) is 4.07. The van der Waals surface area contributed by atoms with E-state index in [0.717, 1.165) is 12.5 Å². The minimum Gasteiger partial charge on any atom is -0.312 e. The highest BCUT2D eigenvalue weighted by atomic mass is 32.2. The normalized spacial score (nSPS) is 27.3. The smallest absolute Gasteiger partial charge is 0.00966 e. The SMILES string of the molecule is CSc1ccc(C2(C)CC2CNC(C)(C)C)cc1. The molecule has 0 saturated heterocycles. The van der Waals surface area contributed by atoms with Crippen LogP contribution >= 0.6 is 11.8 Å². The molecule has 2 unspecified atom stereocenters. The van der Waals surface area contributed by atoms with E-state index in [2.05, 4.69) is 63.5 Å². The van der Waals surface area contributed by atoms with Gasteiger partial charge in [-0.1, -0.05) is 19.1 Å². The summed E-state index contributed by atoms with van der Waals surface area (Å²) in [5, 5.41) is 3.63. The van der Waals surface area contributed by atoms with Gasteiger partial charge in [-0.3, -0.25) is 0 Å². The summed E-state index contributed by atoms with van der Waals surface area (Å²) in [6.07, 6.45) is 3.44. The molecule has 0 aliphatic heterocycles. The van der Waals surface area contributed by atoms with Crippen LogP contribution in [0.15, 0.2) is 29.2 Å². The van der Waals surface area contributed by atoms with Crippen LogP contribution in [0, 0.1) is 5.92 Å². The monoisotopic (exact) mass is 263 g/mol. The second-order valence-electron chi connectivity index (χ2n) is 6.68. The number of nitrogens with one attached hydrogen (secondary N) is 1. The molecule has 0 spiro atoms. The van der Waals surface area contributed by atoms with Gasteiger partial charge in [0.1, 0.15) is 0 Å². The van der Waals surface area contributed by atoms with E-state index in [0.29, 0.717) is 5.41 Å². The molecule has 1 fully saturated rings. The molecule has 0 bridgehead atoms. The third kappa shape index (κ3) is 3.10. The van der Waals surface area contributed by atoms with E-state index in [4.69, 9.17) is 0 Å². The molecule has 18 heavy (non-hydrogen) atoms. The molecule has 2 heteroatoms. The van der Waals surface area contributed by atoms with Crippen molar-refractivity contribution in [2.75, 3.05) is 12.8 Å². The quantitative estimate of drug-likeness (QED) is 0.822. The lowest BCUT2D eigenvalue weighted by Crippen LogP contribution is -2.37. The molecule has 0 amide bonds. The van der Waals surface area contributed by atoms with Crippen LogP contribution in [0.2, 0.25) is 0 Å². The van der Waals surface area contributed by atoms with Crippen molar-refractivity contribution in [3.8, 4) is 0 Å². The highest BCUT2D eigenvalue weighted by molar-refractivity contribution is 7.98. The average Bonchev–Trinajstić information content (AvgIpc) is 2.99. The Morgan fingerprint density at radius 1 is 1.28 bits per heavy atom. The van der Waals surface area contributed by atoms with Crippen molar-refractivity contribution in [3.05, 3.63) is 29.8 Å². The van der Waals surface area contributed by atoms with Crippen molar-refractivity contribution in [3.63, 3.8) is 0 Å². The van der Waals surface area contributed by atoms with Crippen LogP contribution in [0.4, 0.5) is 0 Å². The first-order valence-corrected chi connectivity index (χ1v) is 7.97. The largest absolute Gasteiger partial charge is 0.312 e. The van der Waals surface area contributed by atoms with Crippen LogP contribution < -0.4 is 5.32 Å². The Kier molecular flexibility index (Phi) is 3.80. The number of thioether (sulfide) groups is 1. The fourth-order valence-corrected chi connectivity index (χ4v) is 2.91. The molecule has 2 atom stereocenters. The Balaban J connectivity index is 1.97. The summed E-state index contributed by atoms with van der Waals surface area (Å²) in [5.41, 5.74) is 2.13. The first-order valence-electron chi connectivity index (χ1n) is 6.75. The Morgan fingerprint density at radius 2 is 1.89 bits per heavy atom. The topological polar surface area (TPSA) is 12.0 Å². The van der Waals surface area contributed by atoms with E-state index < -0.39 is 0 Å². The molecule has 1 aliphatic carbocycles. The molecular weight excluding hydrogens is 238 g/mol. The highest BCUT2D eigenvalue weighted by Gasteiger charge is 2.50. The van der Waals surface area contributed by atoms with Crippen LogP contribution in [0.3, 0.4) is 0 Å². The van der Waals surface area contributed by atoms with Gasteiger partial charge in [-0.05, 0) is 69.0 Å². The zero-order valence-corrected chi connectivity index (χ0v) is 13.0. The molecular formula is C16H25NS. The molecule has 1 nitrogen and oxygen atoms in total. The Labute approximate surface area is 116 Å². The van der Waals surface area contributed by atoms with E-state index >= 15 is 0 Å². The number of hydrogen-bond donors (Lipinski definition) is 1. The second kappa shape index (κ2) is 4.90. The molecule has 1 aromatic carbocycles. The minimum atomic E-state index is 0.228. The number of hydrogen-bond acceptors (Lipinski definition) is 2. The number of benzene rings is 1. The van der Waals surface area contributed by atoms with Gasteiger partial charge < -0.3 is 5.32 Å². The molecule has 0 heterocycles. The summed E-state index contributed by atoms with van der Waals surface area (Å²) in [7, 11) is 0. The summed E-state index contributed by atoms with van der Waals surface area (Å²) in [6.45, 7) is 10.2. The Morgan fingerprint density at radius 3 is 2.39 bits per heavy atom. The Hall–Kier alpha value is -0.470. The maximum absolute atomic E-state index is 3.63. The predicted molar refractivity (Wildman–Crippen MR) is 81.4 cm³/mol. The zero-order valence-electron chi connectivity index (χ0n) is 12.2. The van der Waals surface area contributed by atoms with E-state index in [1.165, 1.54) is 16.9 Å². The second-order valence-corrected chi connectivity index (χ2v) is 7.56. The van der Waals surface area contributed by atoms with Crippen molar-refractivity contribution in [1.82, 2.24) is 5.32 Å². The van der Waals surface area contributed by atoms with Crippen LogP contribution in [-0.4, -0.2) is 18.3 Å². The first kappa shape index (κ1) is 14.0. The van der Waals surface area contributed by atoms with Gasteiger partial charge in [0.05, 0.1) is 0 Å². The van der Waals surface area contributed by atoms with E-state index in [9.17, 15) is 0 Å². The van der Waals surface area contributed by atoms with Crippen LogP contribution in [0.25, 0.3) is 0 Å². The van der Waals surface area contributed by atoms with Gasteiger partial charge in [0, 0.05) is 10.4 Å². The van der Waals surface area contributed by atoms with Gasteiger partial charge in [0.15, 0.2) is 0 Å². The first-order chi connectivity index (χ1) is 8.35. The maximum atomic E-state index is 3.63. The molecule has 1 aromatic rings. The summed E-state index contributed by atoms with van der Waals surface area (Å²) in [6, 6.07) is 9.11. The van der Waals surface area contributed by atoms with Crippen molar-refractivity contribution in [1.29, 1.82) is 0 Å².